The van der Waals surface area contributed by atoms with E-state index in [-0.39, 0.29) is 22.5 Å². The van der Waals surface area contributed by atoms with E-state index in [1.807, 2.05) is 0 Å². The molecule has 1 aromatic rings. The van der Waals surface area contributed by atoms with Gasteiger partial charge in [0.05, 0.1) is 16.5 Å². The molecule has 0 spiro atoms. The first-order chi connectivity index (χ1) is 8.96. The van der Waals surface area contributed by atoms with Gasteiger partial charge in [-0.15, -0.1) is 0 Å². The van der Waals surface area contributed by atoms with Crippen molar-refractivity contribution < 1.29 is 12.8 Å². The largest absolute Gasteiger partial charge is 0.313 e. The topological polar surface area (TPSA) is 58.2 Å². The van der Waals surface area contributed by atoms with Crippen LogP contribution in [0.4, 0.5) is 10.1 Å². The third-order valence-corrected chi connectivity index (χ3v) is 4.73. The van der Waals surface area contributed by atoms with Crippen molar-refractivity contribution in [2.24, 2.45) is 0 Å². The Bertz CT molecular complexity index is 545. The Kier molecular flexibility index (Phi) is 4.65. The van der Waals surface area contributed by atoms with Gasteiger partial charge in [-0.25, -0.2) is 12.8 Å². The maximum atomic E-state index is 13.1. The second-order valence-corrected chi connectivity index (χ2v) is 6.83. The van der Waals surface area contributed by atoms with Crippen LogP contribution in [0.3, 0.4) is 0 Å². The first-order valence-corrected chi connectivity index (χ1v) is 8.18. The minimum atomic E-state index is -3.54. The molecule has 106 valence electrons. The highest BCUT2D eigenvalue weighted by Crippen LogP contribution is 2.24. The summed E-state index contributed by atoms with van der Waals surface area (Å²) in [6.45, 7) is 0.834. The van der Waals surface area contributed by atoms with Crippen LogP contribution in [-0.2, 0) is 10.0 Å². The quantitative estimate of drug-likeness (QED) is 0.898. The normalized spacial score (nSPS) is 20.2. The summed E-state index contributed by atoms with van der Waals surface area (Å²) in [5, 5.41) is 3.34. The molecule has 7 heteroatoms. The molecule has 1 heterocycles. The SMILES string of the molecule is O=S(=O)(CC1CCCCN1)Nc1cc(F)ccc1Cl. The number of anilines is 1. The van der Waals surface area contributed by atoms with E-state index in [9.17, 15) is 12.8 Å². The van der Waals surface area contributed by atoms with Gasteiger partial charge in [0, 0.05) is 6.04 Å². The molecule has 0 saturated carbocycles. The van der Waals surface area contributed by atoms with Crippen LogP contribution in [0.1, 0.15) is 19.3 Å². The molecule has 1 unspecified atom stereocenters. The second-order valence-electron chi connectivity index (χ2n) is 4.65. The van der Waals surface area contributed by atoms with Gasteiger partial charge in [-0.3, -0.25) is 4.72 Å². The number of nitrogens with one attached hydrogen (secondary N) is 2. The summed E-state index contributed by atoms with van der Waals surface area (Å²) in [4.78, 5) is 0. The van der Waals surface area contributed by atoms with Gasteiger partial charge in [0.1, 0.15) is 5.82 Å². The number of hydrogen-bond acceptors (Lipinski definition) is 3. The van der Waals surface area contributed by atoms with Gasteiger partial charge in [0.25, 0.3) is 0 Å². The fourth-order valence-electron chi connectivity index (χ4n) is 2.12. The van der Waals surface area contributed by atoms with Gasteiger partial charge in [0.2, 0.25) is 10.0 Å². The number of sulfonamides is 1. The summed E-state index contributed by atoms with van der Waals surface area (Å²) in [5.74, 6) is -0.558. The average molecular weight is 307 g/mol. The van der Waals surface area contributed by atoms with E-state index in [0.717, 1.165) is 31.9 Å². The number of halogens is 2. The van der Waals surface area contributed by atoms with Crippen LogP contribution >= 0.6 is 11.6 Å². The van der Waals surface area contributed by atoms with E-state index < -0.39 is 15.8 Å². The molecule has 1 aliphatic heterocycles. The van der Waals surface area contributed by atoms with Crippen molar-refractivity contribution in [2.45, 2.75) is 25.3 Å². The van der Waals surface area contributed by atoms with E-state index in [1.165, 1.54) is 12.1 Å². The molecule has 4 nitrogen and oxygen atoms in total. The fraction of sp³-hybridized carbons (Fsp3) is 0.500. The summed E-state index contributed by atoms with van der Waals surface area (Å²) in [7, 11) is -3.54. The minimum Gasteiger partial charge on any atom is -0.313 e. The van der Waals surface area contributed by atoms with Crippen LogP contribution in [0.25, 0.3) is 0 Å². The van der Waals surface area contributed by atoms with Crippen molar-refractivity contribution in [1.82, 2.24) is 5.32 Å². The van der Waals surface area contributed by atoms with Crippen molar-refractivity contribution >= 4 is 27.3 Å². The Balaban J connectivity index is 2.05. The smallest absolute Gasteiger partial charge is 0.234 e. The van der Waals surface area contributed by atoms with Crippen LogP contribution in [-0.4, -0.2) is 26.8 Å². The molecule has 1 atom stereocenters. The predicted octanol–water partition coefficient (Wildman–Crippen LogP) is 2.36. The van der Waals surface area contributed by atoms with E-state index in [1.54, 1.807) is 0 Å². The maximum Gasteiger partial charge on any atom is 0.234 e. The van der Waals surface area contributed by atoms with Crippen LogP contribution in [0, 0.1) is 5.82 Å². The van der Waals surface area contributed by atoms with Gasteiger partial charge in [-0.1, -0.05) is 18.0 Å². The van der Waals surface area contributed by atoms with E-state index >= 15 is 0 Å². The van der Waals surface area contributed by atoms with Gasteiger partial charge in [-0.2, -0.15) is 0 Å². The van der Waals surface area contributed by atoms with Crippen molar-refractivity contribution in [2.75, 3.05) is 17.0 Å². The summed E-state index contributed by atoms with van der Waals surface area (Å²) >= 11 is 5.84. The Hall–Kier alpha value is -0.850. The number of hydrogen-bond donors (Lipinski definition) is 2. The second kappa shape index (κ2) is 6.07. The van der Waals surface area contributed by atoms with Crippen LogP contribution in [0.2, 0.25) is 5.02 Å². The zero-order chi connectivity index (χ0) is 13.9. The van der Waals surface area contributed by atoms with Crippen molar-refractivity contribution in [3.63, 3.8) is 0 Å². The first-order valence-electron chi connectivity index (χ1n) is 6.15. The van der Waals surface area contributed by atoms with E-state index in [4.69, 9.17) is 11.6 Å². The molecular weight excluding hydrogens is 291 g/mol. The Morgan fingerprint density at radius 3 is 2.89 bits per heavy atom. The van der Waals surface area contributed by atoms with Gasteiger partial charge in [-0.05, 0) is 37.6 Å². The molecule has 2 N–H and O–H groups in total. The first kappa shape index (κ1) is 14.6. The Labute approximate surface area is 117 Å². The Morgan fingerprint density at radius 2 is 2.21 bits per heavy atom. The summed E-state index contributed by atoms with van der Waals surface area (Å²) in [6.07, 6.45) is 2.92. The van der Waals surface area contributed by atoms with Gasteiger partial charge >= 0.3 is 0 Å². The molecular formula is C12H16ClFN2O2S. The highest BCUT2D eigenvalue weighted by Gasteiger charge is 2.21. The number of rotatable bonds is 4. The highest BCUT2D eigenvalue weighted by molar-refractivity contribution is 7.92. The third kappa shape index (κ3) is 4.33. The molecule has 1 fully saturated rings. The lowest BCUT2D eigenvalue weighted by Crippen LogP contribution is -2.40. The lowest BCUT2D eigenvalue weighted by molar-refractivity contribution is 0.424. The van der Waals surface area contributed by atoms with Crippen molar-refractivity contribution in [3.8, 4) is 0 Å². The minimum absolute atomic E-state index is 0.0279. The standard InChI is InChI=1S/C12H16ClFN2O2S/c13-11-5-4-9(14)7-12(11)16-19(17,18)8-10-3-1-2-6-15-10/h4-5,7,10,15-16H,1-3,6,8H2. The molecule has 2 rings (SSSR count). The average Bonchev–Trinajstić information content (AvgIpc) is 2.34. The van der Waals surface area contributed by atoms with Gasteiger partial charge in [0.15, 0.2) is 0 Å². The predicted molar refractivity (Wildman–Crippen MR) is 74.5 cm³/mol. The van der Waals surface area contributed by atoms with Gasteiger partial charge < -0.3 is 5.32 Å². The number of piperidine rings is 1. The Morgan fingerprint density at radius 1 is 1.42 bits per heavy atom. The summed E-state index contributed by atoms with van der Waals surface area (Å²) in [5.41, 5.74) is 0.0810. The van der Waals surface area contributed by atoms with E-state index in [0.29, 0.717) is 0 Å². The molecule has 0 radical (unpaired) electrons. The summed E-state index contributed by atoms with van der Waals surface area (Å²) in [6, 6.07) is 3.53. The van der Waals surface area contributed by atoms with Crippen LogP contribution in [0.15, 0.2) is 18.2 Å². The molecule has 19 heavy (non-hydrogen) atoms. The van der Waals surface area contributed by atoms with E-state index in [2.05, 4.69) is 10.0 Å². The van der Waals surface area contributed by atoms with Crippen molar-refractivity contribution in [1.29, 1.82) is 0 Å². The molecule has 1 aliphatic rings. The maximum absolute atomic E-state index is 13.1. The highest BCUT2D eigenvalue weighted by atomic mass is 35.5. The third-order valence-electron chi connectivity index (χ3n) is 3.03. The van der Waals surface area contributed by atoms with Crippen LogP contribution < -0.4 is 10.0 Å². The van der Waals surface area contributed by atoms with Crippen molar-refractivity contribution in [3.05, 3.63) is 29.0 Å². The zero-order valence-electron chi connectivity index (χ0n) is 10.3. The number of benzene rings is 1. The lowest BCUT2D eigenvalue weighted by atomic mass is 10.1. The molecule has 0 amide bonds. The van der Waals surface area contributed by atoms with Crippen LogP contribution in [0.5, 0.6) is 0 Å². The lowest BCUT2D eigenvalue weighted by Gasteiger charge is -2.23. The summed E-state index contributed by atoms with van der Waals surface area (Å²) < 4.78 is 39.4. The molecule has 0 aliphatic carbocycles. The molecule has 1 saturated heterocycles. The zero-order valence-corrected chi connectivity index (χ0v) is 11.9. The monoisotopic (exact) mass is 306 g/mol. The molecule has 0 aromatic heterocycles. The molecule has 1 aromatic carbocycles. The molecule has 0 bridgehead atoms. The fourth-order valence-corrected chi connectivity index (χ4v) is 3.74.